The number of carbonyl (C=O) groups excluding carboxylic acids is 1. The Morgan fingerprint density at radius 1 is 1.07 bits per heavy atom. The molecule has 1 aromatic heterocycles. The van der Waals surface area contributed by atoms with E-state index in [2.05, 4.69) is 6.58 Å². The first-order valence-electron chi connectivity index (χ1n) is 13.7. The number of pyridine rings is 1. The number of thioether (sulfide) groups is 1. The lowest BCUT2D eigenvalue weighted by Gasteiger charge is -2.44. The third kappa shape index (κ3) is 5.16. The molecule has 0 saturated carbocycles. The molecule has 0 saturated heterocycles. The van der Waals surface area contributed by atoms with Crippen molar-refractivity contribution in [2.45, 2.75) is 30.2 Å². The van der Waals surface area contributed by atoms with Crippen molar-refractivity contribution in [3.63, 3.8) is 0 Å². The van der Waals surface area contributed by atoms with Crippen molar-refractivity contribution in [2.24, 2.45) is 0 Å². The zero-order valence-electron chi connectivity index (χ0n) is 23.7. The molecule has 1 unspecified atom stereocenters. The molecule has 6 rings (SSSR count). The summed E-state index contributed by atoms with van der Waals surface area (Å²) in [7, 11) is 1.42. The predicted octanol–water partition coefficient (Wildman–Crippen LogP) is 6.04. The van der Waals surface area contributed by atoms with Gasteiger partial charge in [0.15, 0.2) is 23.1 Å². The molecule has 220 valence electrons. The molecule has 0 fully saturated rings. The van der Waals surface area contributed by atoms with Crippen LogP contribution in [-0.4, -0.2) is 35.8 Å². The van der Waals surface area contributed by atoms with Crippen LogP contribution in [0.15, 0.2) is 94.8 Å². The molecule has 0 bridgehead atoms. The third-order valence-electron chi connectivity index (χ3n) is 7.50. The normalized spacial score (nSPS) is 15.7. The van der Waals surface area contributed by atoms with Gasteiger partial charge in [0, 0.05) is 46.6 Å². The largest absolute Gasteiger partial charge is 0.496 e. The van der Waals surface area contributed by atoms with Crippen molar-refractivity contribution < 1.29 is 23.0 Å². The van der Waals surface area contributed by atoms with E-state index in [1.807, 2.05) is 66.5 Å². The van der Waals surface area contributed by atoms with Crippen LogP contribution in [-0.2, 0) is 12.4 Å². The number of halogens is 2. The number of aromatic nitrogens is 1. The maximum Gasteiger partial charge on any atom is 0.278 e. The summed E-state index contributed by atoms with van der Waals surface area (Å²) in [5.41, 5.74) is 2.58. The molecule has 3 heterocycles. The van der Waals surface area contributed by atoms with Gasteiger partial charge in [0.1, 0.15) is 25.1 Å². The van der Waals surface area contributed by atoms with Gasteiger partial charge in [0.25, 0.3) is 5.91 Å². The van der Waals surface area contributed by atoms with Crippen molar-refractivity contribution in [1.82, 2.24) is 9.58 Å². The lowest BCUT2D eigenvalue weighted by molar-refractivity contribution is 0.0693. The van der Waals surface area contributed by atoms with E-state index < -0.39 is 29.0 Å². The number of amides is 1. The second kappa shape index (κ2) is 11.6. The van der Waals surface area contributed by atoms with E-state index in [4.69, 9.17) is 9.47 Å². The lowest BCUT2D eigenvalue weighted by Crippen LogP contribution is -2.56. The van der Waals surface area contributed by atoms with Crippen molar-refractivity contribution in [2.75, 3.05) is 25.3 Å². The Bertz CT molecular complexity index is 1790. The minimum Gasteiger partial charge on any atom is -0.496 e. The van der Waals surface area contributed by atoms with Crippen LogP contribution in [0, 0.1) is 11.6 Å². The van der Waals surface area contributed by atoms with E-state index in [0.717, 1.165) is 27.7 Å². The van der Waals surface area contributed by atoms with E-state index in [1.165, 1.54) is 31.1 Å². The summed E-state index contributed by atoms with van der Waals surface area (Å²) in [6.45, 7) is 6.16. The molecular formula is C33H29F2N3O4S. The van der Waals surface area contributed by atoms with E-state index in [-0.39, 0.29) is 48.3 Å². The predicted molar refractivity (Wildman–Crippen MR) is 161 cm³/mol. The molecule has 43 heavy (non-hydrogen) atoms. The van der Waals surface area contributed by atoms with Crippen LogP contribution in [0.4, 0.5) is 8.78 Å². The van der Waals surface area contributed by atoms with Crippen LogP contribution >= 0.6 is 11.8 Å². The van der Waals surface area contributed by atoms with E-state index in [1.54, 1.807) is 9.58 Å². The fraction of sp³-hybridized carbons (Fsp3) is 0.212. The smallest absolute Gasteiger partial charge is 0.278 e. The Morgan fingerprint density at radius 2 is 1.81 bits per heavy atom. The lowest BCUT2D eigenvalue weighted by atomic mass is 9.92. The van der Waals surface area contributed by atoms with Gasteiger partial charge in [-0.1, -0.05) is 60.7 Å². The standard InChI is InChI=1S/C33H29F2N3O4S/c1-20(2)16-36-19-38(37-14-13-25(39)32(31(37)33(36)40)42-17-21-9-5-4-6-10-21)30-22-11-7-8-12-27(22)43-18-23-28(30)26(41-3)15-24(34)29(23)35/h4-15,30H,1,16-19H2,2-3H3. The Labute approximate surface area is 251 Å². The molecule has 7 nitrogen and oxygen atoms in total. The van der Waals surface area contributed by atoms with Gasteiger partial charge < -0.3 is 14.4 Å². The van der Waals surface area contributed by atoms with E-state index >= 15 is 4.39 Å². The molecule has 0 N–H and O–H groups in total. The summed E-state index contributed by atoms with van der Waals surface area (Å²) in [6, 6.07) is 18.6. The summed E-state index contributed by atoms with van der Waals surface area (Å²) in [5, 5.41) is 1.86. The highest BCUT2D eigenvalue weighted by atomic mass is 32.2. The number of hydrogen-bond donors (Lipinski definition) is 0. The van der Waals surface area contributed by atoms with E-state index in [9.17, 15) is 14.0 Å². The molecule has 0 spiro atoms. The van der Waals surface area contributed by atoms with Crippen LogP contribution < -0.4 is 19.9 Å². The van der Waals surface area contributed by atoms with E-state index in [0.29, 0.717) is 5.56 Å². The highest BCUT2D eigenvalue weighted by Crippen LogP contribution is 2.47. The van der Waals surface area contributed by atoms with Crippen LogP contribution in [0.5, 0.6) is 11.5 Å². The van der Waals surface area contributed by atoms with Gasteiger partial charge in [-0.25, -0.2) is 8.78 Å². The summed E-state index contributed by atoms with van der Waals surface area (Å²) in [6.07, 6.45) is 1.52. The highest BCUT2D eigenvalue weighted by Gasteiger charge is 2.41. The second-order valence-corrected chi connectivity index (χ2v) is 11.5. The number of fused-ring (bicyclic) bond motifs is 3. The van der Waals surface area contributed by atoms with Gasteiger partial charge in [-0.3, -0.25) is 19.3 Å². The number of hydrogen-bond acceptors (Lipinski definition) is 6. The van der Waals surface area contributed by atoms with Crippen molar-refractivity contribution in [3.05, 3.63) is 135 Å². The summed E-state index contributed by atoms with van der Waals surface area (Å²) in [4.78, 5) is 29.7. The molecule has 2 aliphatic rings. The molecule has 3 aromatic carbocycles. The van der Waals surface area contributed by atoms with Crippen molar-refractivity contribution in [1.29, 1.82) is 0 Å². The van der Waals surface area contributed by atoms with Gasteiger partial charge in [-0.05, 0) is 24.1 Å². The monoisotopic (exact) mass is 601 g/mol. The molecule has 1 amide bonds. The summed E-state index contributed by atoms with van der Waals surface area (Å²) < 4.78 is 43.6. The van der Waals surface area contributed by atoms with Gasteiger partial charge in [-0.2, -0.15) is 0 Å². The number of benzene rings is 3. The van der Waals surface area contributed by atoms with Crippen molar-refractivity contribution in [3.8, 4) is 11.5 Å². The first-order chi connectivity index (χ1) is 20.8. The first kappa shape index (κ1) is 28.5. The first-order valence-corrected chi connectivity index (χ1v) is 14.7. The Hall–Kier alpha value is -4.57. The van der Waals surface area contributed by atoms with Crippen LogP contribution in [0.2, 0.25) is 0 Å². The van der Waals surface area contributed by atoms with Crippen LogP contribution in [0.25, 0.3) is 0 Å². The van der Waals surface area contributed by atoms with Crippen molar-refractivity contribution >= 4 is 17.7 Å². The average Bonchev–Trinajstić information content (AvgIpc) is 3.17. The minimum absolute atomic E-state index is 0.0356. The molecule has 0 radical (unpaired) electrons. The molecule has 0 aliphatic carbocycles. The molecular weight excluding hydrogens is 572 g/mol. The highest BCUT2D eigenvalue weighted by molar-refractivity contribution is 7.98. The molecule has 2 aliphatic heterocycles. The quantitative estimate of drug-likeness (QED) is 0.241. The molecule has 1 atom stereocenters. The maximum absolute atomic E-state index is 15.5. The average molecular weight is 602 g/mol. The SMILES string of the molecule is C=C(C)CN1CN(C2c3ccccc3SCc3c(F)c(F)cc(OC)c32)n2ccc(=O)c(OCc3ccccc3)c2C1=O. The number of rotatable bonds is 7. The van der Waals surface area contributed by atoms with Crippen LogP contribution in [0.1, 0.15) is 45.7 Å². The van der Waals surface area contributed by atoms with Gasteiger partial charge in [0.2, 0.25) is 5.43 Å². The summed E-state index contributed by atoms with van der Waals surface area (Å²) in [5.74, 6) is -2.09. The van der Waals surface area contributed by atoms with Gasteiger partial charge in [-0.15, -0.1) is 11.8 Å². The topological polar surface area (TPSA) is 64.0 Å². The molecule has 4 aromatic rings. The fourth-order valence-electron chi connectivity index (χ4n) is 5.63. The Kier molecular flexibility index (Phi) is 7.70. The van der Waals surface area contributed by atoms with Gasteiger partial charge >= 0.3 is 0 Å². The molecule has 10 heteroatoms. The third-order valence-corrected chi connectivity index (χ3v) is 8.62. The maximum atomic E-state index is 15.5. The number of nitrogens with zero attached hydrogens (tertiary/aromatic N) is 3. The zero-order chi connectivity index (χ0) is 30.2. The second-order valence-electron chi connectivity index (χ2n) is 10.5. The zero-order valence-corrected chi connectivity index (χ0v) is 24.5. The fourth-order valence-corrected chi connectivity index (χ4v) is 6.73. The van der Waals surface area contributed by atoms with Crippen LogP contribution in [0.3, 0.4) is 0 Å². The Balaban J connectivity index is 1.59. The Morgan fingerprint density at radius 3 is 2.56 bits per heavy atom. The summed E-state index contributed by atoms with van der Waals surface area (Å²) >= 11 is 1.40. The van der Waals surface area contributed by atoms with Gasteiger partial charge in [0.05, 0.1) is 7.11 Å². The minimum atomic E-state index is -1.00. The number of methoxy groups -OCH3 is 1. The number of ether oxygens (including phenoxy) is 2. The number of carbonyl (C=O) groups is 1.